The number of nitrogens with zero attached hydrogens (tertiary/aromatic N) is 1. The van der Waals surface area contributed by atoms with E-state index in [0.29, 0.717) is 4.88 Å². The Morgan fingerprint density at radius 1 is 1.43 bits per heavy atom. The van der Waals surface area contributed by atoms with Crippen molar-refractivity contribution >= 4 is 33.0 Å². The van der Waals surface area contributed by atoms with Crippen LogP contribution in [0.5, 0.6) is 5.88 Å². The van der Waals surface area contributed by atoms with Crippen LogP contribution in [0.25, 0.3) is 0 Å². The largest absolute Gasteiger partial charge is 0.481 e. The summed E-state index contributed by atoms with van der Waals surface area (Å²) in [4.78, 5) is 15.0. The molecule has 0 aromatic carbocycles. The van der Waals surface area contributed by atoms with Crippen LogP contribution < -0.4 is 9.46 Å². The molecule has 9 heteroatoms. The van der Waals surface area contributed by atoms with Gasteiger partial charge in [-0.25, -0.2) is 13.4 Å². The normalized spacial score (nSPS) is 11.1. The highest BCUT2D eigenvalue weighted by atomic mass is 32.2. The second-order valence-electron chi connectivity index (χ2n) is 3.96. The average molecular weight is 328 g/mol. The van der Waals surface area contributed by atoms with Gasteiger partial charge < -0.3 is 9.84 Å². The van der Waals surface area contributed by atoms with Crippen LogP contribution in [0.1, 0.15) is 4.88 Å². The van der Waals surface area contributed by atoms with Crippen molar-refractivity contribution in [2.75, 3.05) is 11.8 Å². The molecule has 2 rings (SSSR count). The number of aliphatic carboxylic acids is 1. The minimum atomic E-state index is -3.81. The zero-order chi connectivity index (χ0) is 15.5. The molecular formula is C12H12N2O5S2. The number of aromatic nitrogens is 1. The van der Waals surface area contributed by atoms with Crippen LogP contribution >= 0.6 is 11.3 Å². The maximum atomic E-state index is 12.2. The molecule has 2 aromatic heterocycles. The number of hydrogen-bond acceptors (Lipinski definition) is 6. The molecule has 0 saturated carbocycles. The molecule has 0 saturated heterocycles. The summed E-state index contributed by atoms with van der Waals surface area (Å²) < 4.78 is 31.8. The number of rotatable bonds is 6. The Morgan fingerprint density at radius 3 is 2.86 bits per heavy atom. The van der Waals surface area contributed by atoms with Crippen molar-refractivity contribution < 1.29 is 23.1 Å². The third kappa shape index (κ3) is 3.70. The number of pyridine rings is 1. The first-order chi connectivity index (χ1) is 9.92. The molecule has 2 heterocycles. The number of carboxylic acids is 1. The van der Waals surface area contributed by atoms with E-state index in [0.717, 1.165) is 11.3 Å². The highest BCUT2D eigenvalue weighted by Crippen LogP contribution is 2.27. The molecule has 2 N–H and O–H groups in total. The number of carbonyl (C=O) groups is 1. The van der Waals surface area contributed by atoms with Crippen molar-refractivity contribution in [3.05, 3.63) is 35.3 Å². The van der Waals surface area contributed by atoms with Crippen LogP contribution in [0, 0.1) is 0 Å². The number of sulfonamides is 1. The van der Waals surface area contributed by atoms with Gasteiger partial charge >= 0.3 is 5.97 Å². The third-order valence-electron chi connectivity index (χ3n) is 2.44. The Hall–Kier alpha value is -2.13. The summed E-state index contributed by atoms with van der Waals surface area (Å²) in [5, 5.41) is 8.70. The minimum absolute atomic E-state index is 0.0321. The Bertz CT molecular complexity index is 755. The molecule has 0 amide bonds. The number of carboxylic acid groups (broad SMARTS) is 1. The lowest BCUT2D eigenvalue weighted by atomic mass is 10.3. The van der Waals surface area contributed by atoms with Crippen molar-refractivity contribution in [1.82, 2.24) is 4.98 Å². The summed E-state index contributed by atoms with van der Waals surface area (Å²) >= 11 is 0.908. The third-order valence-corrected chi connectivity index (χ3v) is 5.38. The van der Waals surface area contributed by atoms with Gasteiger partial charge in [-0.1, -0.05) is 0 Å². The van der Waals surface area contributed by atoms with Crippen molar-refractivity contribution in [1.29, 1.82) is 0 Å². The number of hydrogen-bond donors (Lipinski definition) is 2. The van der Waals surface area contributed by atoms with Gasteiger partial charge in [0, 0.05) is 11.1 Å². The van der Waals surface area contributed by atoms with Gasteiger partial charge in [-0.2, -0.15) is 0 Å². The fourth-order valence-electron chi connectivity index (χ4n) is 1.57. The summed E-state index contributed by atoms with van der Waals surface area (Å²) in [6.07, 6.45) is 1.27. The summed E-state index contributed by atoms with van der Waals surface area (Å²) in [5.74, 6) is -0.855. The molecule has 2 aromatic rings. The Kier molecular flexibility index (Phi) is 4.43. The molecule has 0 aliphatic heterocycles. The predicted molar refractivity (Wildman–Crippen MR) is 77.3 cm³/mol. The monoisotopic (exact) mass is 328 g/mol. The van der Waals surface area contributed by atoms with E-state index < -0.39 is 16.0 Å². The van der Waals surface area contributed by atoms with Gasteiger partial charge in [-0.15, -0.1) is 11.3 Å². The van der Waals surface area contributed by atoms with Crippen molar-refractivity contribution in [2.24, 2.45) is 0 Å². The first-order valence-electron chi connectivity index (χ1n) is 5.74. The van der Waals surface area contributed by atoms with Gasteiger partial charge in [0.2, 0.25) is 5.88 Å². The lowest BCUT2D eigenvalue weighted by Gasteiger charge is -2.09. The van der Waals surface area contributed by atoms with Gasteiger partial charge in [0.15, 0.2) is 0 Å². The molecule has 0 bridgehead atoms. The van der Waals surface area contributed by atoms with E-state index >= 15 is 0 Å². The highest BCUT2D eigenvalue weighted by molar-refractivity contribution is 7.94. The van der Waals surface area contributed by atoms with E-state index in [9.17, 15) is 13.2 Å². The number of ether oxygens (including phenoxy) is 1. The highest BCUT2D eigenvalue weighted by Gasteiger charge is 2.19. The number of thiophene rings is 1. The summed E-state index contributed by atoms with van der Waals surface area (Å²) in [6.45, 7) is 0. The van der Waals surface area contributed by atoms with Gasteiger partial charge in [-0.3, -0.25) is 9.52 Å². The molecule has 7 nitrogen and oxygen atoms in total. The van der Waals surface area contributed by atoms with Crippen LogP contribution in [0.4, 0.5) is 5.69 Å². The predicted octanol–water partition coefficient (Wildman–Crippen LogP) is 1.58. The first-order valence-corrected chi connectivity index (χ1v) is 8.04. The molecule has 0 unspecified atom stereocenters. The smallest absolute Gasteiger partial charge is 0.308 e. The van der Waals surface area contributed by atoms with E-state index in [2.05, 4.69) is 9.71 Å². The van der Waals surface area contributed by atoms with Crippen molar-refractivity contribution in [3.63, 3.8) is 0 Å². The van der Waals surface area contributed by atoms with Crippen LogP contribution in [-0.2, 0) is 21.2 Å². The Labute approximate surface area is 125 Å². The van der Waals surface area contributed by atoms with Crippen LogP contribution in [-0.4, -0.2) is 31.6 Å². The molecule has 0 spiro atoms. The molecule has 21 heavy (non-hydrogen) atoms. The van der Waals surface area contributed by atoms with E-state index in [4.69, 9.17) is 9.84 Å². The second kappa shape index (κ2) is 6.10. The Morgan fingerprint density at radius 2 is 2.19 bits per heavy atom. The van der Waals surface area contributed by atoms with Crippen LogP contribution in [0.15, 0.2) is 34.7 Å². The summed E-state index contributed by atoms with van der Waals surface area (Å²) in [5.41, 5.74) is 0.216. The van der Waals surface area contributed by atoms with E-state index in [1.54, 1.807) is 6.07 Å². The van der Waals surface area contributed by atoms with Crippen LogP contribution in [0.2, 0.25) is 0 Å². The molecule has 112 valence electrons. The molecule has 0 radical (unpaired) electrons. The van der Waals surface area contributed by atoms with Crippen LogP contribution in [0.3, 0.4) is 0 Å². The van der Waals surface area contributed by atoms with Crippen molar-refractivity contribution in [2.45, 2.75) is 10.6 Å². The fourth-order valence-corrected chi connectivity index (χ4v) is 3.98. The maximum Gasteiger partial charge on any atom is 0.308 e. The molecule has 0 atom stereocenters. The van der Waals surface area contributed by atoms with Gasteiger partial charge in [0.1, 0.15) is 9.90 Å². The molecule has 0 fully saturated rings. The number of nitrogens with one attached hydrogen (secondary N) is 1. The van der Waals surface area contributed by atoms with Gasteiger partial charge in [0.25, 0.3) is 10.0 Å². The fraction of sp³-hybridized carbons (Fsp3) is 0.167. The molecule has 0 aliphatic carbocycles. The van der Waals surface area contributed by atoms with E-state index in [1.165, 1.54) is 31.5 Å². The maximum absolute atomic E-state index is 12.2. The minimum Gasteiger partial charge on any atom is -0.481 e. The number of anilines is 1. The molecular weight excluding hydrogens is 316 g/mol. The lowest BCUT2D eigenvalue weighted by molar-refractivity contribution is -0.136. The SMILES string of the molecule is COc1ncccc1NS(=O)(=O)c1ccc(CC(=O)O)s1. The zero-order valence-electron chi connectivity index (χ0n) is 10.9. The van der Waals surface area contributed by atoms with Gasteiger partial charge in [-0.05, 0) is 24.3 Å². The topological polar surface area (TPSA) is 106 Å². The first kappa shape index (κ1) is 15.3. The second-order valence-corrected chi connectivity index (χ2v) is 7.03. The summed E-state index contributed by atoms with van der Waals surface area (Å²) in [6, 6.07) is 5.95. The zero-order valence-corrected chi connectivity index (χ0v) is 12.6. The standard InChI is InChI=1S/C12H12N2O5S2/c1-19-12-9(3-2-6-13-12)14-21(17,18)11-5-4-8(20-11)7-10(15)16/h2-6,14H,7H2,1H3,(H,15,16). The summed E-state index contributed by atoms with van der Waals surface area (Å²) in [7, 11) is -2.42. The average Bonchev–Trinajstić information content (AvgIpc) is 2.87. The lowest BCUT2D eigenvalue weighted by Crippen LogP contribution is -2.12. The van der Waals surface area contributed by atoms with Gasteiger partial charge in [0.05, 0.1) is 13.5 Å². The van der Waals surface area contributed by atoms with E-state index in [1.807, 2.05) is 0 Å². The Balaban J connectivity index is 2.26. The quantitative estimate of drug-likeness (QED) is 0.834. The molecule has 0 aliphatic rings. The van der Waals surface area contributed by atoms with E-state index in [-0.39, 0.29) is 22.2 Å². The van der Waals surface area contributed by atoms with Crippen molar-refractivity contribution in [3.8, 4) is 5.88 Å². The number of methoxy groups -OCH3 is 1.